The number of benzene rings is 2. The van der Waals surface area contributed by atoms with Crippen molar-refractivity contribution in [1.82, 2.24) is 4.57 Å². The van der Waals surface area contributed by atoms with Gasteiger partial charge in [-0.2, -0.15) is 0 Å². The highest BCUT2D eigenvalue weighted by atomic mass is 16.6. The predicted octanol–water partition coefficient (Wildman–Crippen LogP) is 1.36. The molecule has 3 aromatic rings. The summed E-state index contributed by atoms with van der Waals surface area (Å²) >= 11 is 0. The molecule has 0 unspecified atom stereocenters. The lowest BCUT2D eigenvalue weighted by Gasteiger charge is -2.40. The van der Waals surface area contributed by atoms with E-state index in [1.54, 1.807) is 0 Å². The zero-order chi connectivity index (χ0) is 23.0. The van der Waals surface area contributed by atoms with E-state index in [1.165, 1.54) is 0 Å². The minimum absolute atomic E-state index is 0.115. The molecule has 0 aliphatic carbocycles. The van der Waals surface area contributed by atoms with Gasteiger partial charge in [-0.15, -0.1) is 0 Å². The van der Waals surface area contributed by atoms with Crippen molar-refractivity contribution >= 4 is 10.9 Å². The SMILES string of the molecule is Cc1ccc(C)c2c1c(Cc1ccc(CCO)cc1)cn2[C@@H]1O[C@H](CO)[C@@H](O)[C@H](O)[C@H]1O. The quantitative estimate of drug-likeness (QED) is 0.395. The first kappa shape index (κ1) is 22.9. The summed E-state index contributed by atoms with van der Waals surface area (Å²) in [5.41, 5.74) is 6.20. The first-order valence-electron chi connectivity index (χ1n) is 10.9. The number of rotatable bonds is 6. The lowest BCUT2D eigenvalue weighted by atomic mass is 9.98. The van der Waals surface area contributed by atoms with Crippen molar-refractivity contribution in [2.75, 3.05) is 13.2 Å². The van der Waals surface area contributed by atoms with Gasteiger partial charge in [0, 0.05) is 18.2 Å². The van der Waals surface area contributed by atoms with Crippen LogP contribution in [-0.4, -0.2) is 67.7 Å². The van der Waals surface area contributed by atoms with Crippen LogP contribution in [0.5, 0.6) is 0 Å². The van der Waals surface area contributed by atoms with Crippen molar-refractivity contribution in [3.63, 3.8) is 0 Å². The maximum absolute atomic E-state index is 10.7. The van der Waals surface area contributed by atoms with Gasteiger partial charge in [0.15, 0.2) is 6.23 Å². The topological polar surface area (TPSA) is 115 Å². The van der Waals surface area contributed by atoms with Gasteiger partial charge in [0.05, 0.1) is 12.1 Å². The minimum atomic E-state index is -1.43. The molecule has 1 aliphatic heterocycles. The Kier molecular flexibility index (Phi) is 6.67. The van der Waals surface area contributed by atoms with Crippen molar-refractivity contribution in [2.45, 2.75) is 57.3 Å². The third-order valence-corrected chi connectivity index (χ3v) is 6.42. The van der Waals surface area contributed by atoms with Crippen molar-refractivity contribution in [3.05, 3.63) is 70.4 Å². The van der Waals surface area contributed by atoms with Gasteiger partial charge >= 0.3 is 0 Å². The summed E-state index contributed by atoms with van der Waals surface area (Å²) in [6.45, 7) is 3.67. The standard InChI is InChI=1S/C25H31NO6/c1-14-3-4-15(2)21-20(14)18(11-17-7-5-16(6-8-17)9-10-27)12-26(21)25-24(31)23(30)22(29)19(13-28)32-25/h3-8,12,19,22-25,27-31H,9-11,13H2,1-2H3/t19-,22-,23+,24-,25-/m1/s1. The fourth-order valence-corrected chi connectivity index (χ4v) is 4.65. The van der Waals surface area contributed by atoms with Gasteiger partial charge in [-0.25, -0.2) is 0 Å². The van der Waals surface area contributed by atoms with Crippen LogP contribution in [0.25, 0.3) is 10.9 Å². The third-order valence-electron chi connectivity index (χ3n) is 6.42. The number of nitrogens with zero attached hydrogens (tertiary/aromatic N) is 1. The molecule has 0 amide bonds. The minimum Gasteiger partial charge on any atom is -0.396 e. The highest BCUT2D eigenvalue weighted by molar-refractivity contribution is 5.90. The maximum atomic E-state index is 10.7. The molecule has 7 nitrogen and oxygen atoms in total. The normalized spacial score (nSPS) is 26.0. The summed E-state index contributed by atoms with van der Waals surface area (Å²) in [4.78, 5) is 0. The molecule has 2 heterocycles. The summed E-state index contributed by atoms with van der Waals surface area (Å²) in [5, 5.41) is 51.0. The monoisotopic (exact) mass is 441 g/mol. The third kappa shape index (κ3) is 4.08. The fraction of sp³-hybridized carbons (Fsp3) is 0.440. The second kappa shape index (κ2) is 9.31. The first-order chi connectivity index (χ1) is 15.3. The van der Waals surface area contributed by atoms with Crippen LogP contribution in [0.15, 0.2) is 42.6 Å². The number of aromatic nitrogens is 1. The second-order valence-corrected chi connectivity index (χ2v) is 8.67. The largest absolute Gasteiger partial charge is 0.396 e. The molecule has 2 aromatic carbocycles. The lowest BCUT2D eigenvalue weighted by Crippen LogP contribution is -2.56. The zero-order valence-electron chi connectivity index (χ0n) is 18.3. The van der Waals surface area contributed by atoms with E-state index in [4.69, 9.17) is 9.84 Å². The van der Waals surface area contributed by atoms with E-state index >= 15 is 0 Å². The van der Waals surface area contributed by atoms with Gasteiger partial charge in [-0.05, 0) is 54.5 Å². The molecule has 0 spiro atoms. The van der Waals surface area contributed by atoms with E-state index in [2.05, 4.69) is 6.07 Å². The maximum Gasteiger partial charge on any atom is 0.163 e. The van der Waals surface area contributed by atoms with Gasteiger partial charge in [0.1, 0.15) is 24.4 Å². The molecule has 1 fully saturated rings. The van der Waals surface area contributed by atoms with Crippen LogP contribution in [-0.2, 0) is 17.6 Å². The van der Waals surface area contributed by atoms with Crippen molar-refractivity contribution in [3.8, 4) is 0 Å². The summed E-state index contributed by atoms with van der Waals surface area (Å²) in [5.74, 6) is 0. The second-order valence-electron chi connectivity index (χ2n) is 8.67. The number of aliphatic hydroxyl groups excluding tert-OH is 5. The average Bonchev–Trinajstić information content (AvgIpc) is 3.16. The molecule has 1 saturated heterocycles. The predicted molar refractivity (Wildman–Crippen MR) is 120 cm³/mol. The van der Waals surface area contributed by atoms with Crippen molar-refractivity contribution in [2.24, 2.45) is 0 Å². The lowest BCUT2D eigenvalue weighted by molar-refractivity contribution is -0.250. The number of aryl methyl sites for hydroxylation is 2. The molecule has 4 rings (SSSR count). The van der Waals surface area contributed by atoms with Crippen LogP contribution < -0.4 is 0 Å². The first-order valence-corrected chi connectivity index (χ1v) is 10.9. The van der Waals surface area contributed by atoms with Gasteiger partial charge in [-0.1, -0.05) is 36.4 Å². The highest BCUT2D eigenvalue weighted by Crippen LogP contribution is 2.36. The molecule has 0 bridgehead atoms. The number of fused-ring (bicyclic) bond motifs is 1. The smallest absolute Gasteiger partial charge is 0.163 e. The number of ether oxygens (including phenoxy) is 1. The molecule has 0 saturated carbocycles. The molecule has 5 N–H and O–H groups in total. The van der Waals surface area contributed by atoms with E-state index < -0.39 is 37.3 Å². The van der Waals surface area contributed by atoms with Gasteiger partial charge in [0.2, 0.25) is 0 Å². The van der Waals surface area contributed by atoms with E-state index in [-0.39, 0.29) is 6.61 Å². The summed E-state index contributed by atoms with van der Waals surface area (Å²) in [7, 11) is 0. The molecule has 1 aromatic heterocycles. The summed E-state index contributed by atoms with van der Waals surface area (Å²) in [6, 6.07) is 12.2. The molecule has 32 heavy (non-hydrogen) atoms. The fourth-order valence-electron chi connectivity index (χ4n) is 4.65. The van der Waals surface area contributed by atoms with Crippen LogP contribution in [0.4, 0.5) is 0 Å². The van der Waals surface area contributed by atoms with E-state index in [1.807, 2.05) is 54.9 Å². The van der Waals surface area contributed by atoms with Crippen LogP contribution >= 0.6 is 0 Å². The van der Waals surface area contributed by atoms with Crippen LogP contribution in [0.2, 0.25) is 0 Å². The van der Waals surface area contributed by atoms with E-state index in [0.29, 0.717) is 12.8 Å². The van der Waals surface area contributed by atoms with Crippen LogP contribution in [0, 0.1) is 13.8 Å². The van der Waals surface area contributed by atoms with Gasteiger partial charge in [-0.3, -0.25) is 0 Å². The molecular weight excluding hydrogens is 410 g/mol. The Balaban J connectivity index is 1.78. The van der Waals surface area contributed by atoms with Gasteiger partial charge < -0.3 is 34.8 Å². The summed E-state index contributed by atoms with van der Waals surface area (Å²) < 4.78 is 7.67. The Hall–Kier alpha value is -2.26. The Morgan fingerprint density at radius 1 is 0.844 bits per heavy atom. The van der Waals surface area contributed by atoms with Gasteiger partial charge in [0.25, 0.3) is 0 Å². The van der Waals surface area contributed by atoms with Crippen LogP contribution in [0.1, 0.15) is 34.0 Å². The van der Waals surface area contributed by atoms with Crippen molar-refractivity contribution in [1.29, 1.82) is 0 Å². The molecule has 7 heteroatoms. The molecule has 5 atom stereocenters. The molecular formula is C25H31NO6. The van der Waals surface area contributed by atoms with E-state index in [0.717, 1.165) is 38.7 Å². The molecule has 172 valence electrons. The number of hydrogen-bond donors (Lipinski definition) is 5. The zero-order valence-corrected chi connectivity index (χ0v) is 18.3. The average molecular weight is 442 g/mol. The van der Waals surface area contributed by atoms with E-state index in [9.17, 15) is 20.4 Å². The van der Waals surface area contributed by atoms with Crippen molar-refractivity contribution < 1.29 is 30.3 Å². The Morgan fingerprint density at radius 2 is 1.50 bits per heavy atom. The Labute approximate surface area is 187 Å². The highest BCUT2D eigenvalue weighted by Gasteiger charge is 2.44. The Bertz CT molecular complexity index is 1070. The molecule has 1 aliphatic rings. The summed E-state index contributed by atoms with van der Waals surface area (Å²) in [6.07, 6.45) is -2.89. The number of hydrogen-bond acceptors (Lipinski definition) is 6. The number of aliphatic hydroxyl groups is 5. The van der Waals surface area contributed by atoms with Crippen LogP contribution in [0.3, 0.4) is 0 Å². The molecule has 0 radical (unpaired) electrons. The Morgan fingerprint density at radius 3 is 2.16 bits per heavy atom.